The van der Waals surface area contributed by atoms with Crippen molar-refractivity contribution in [3.8, 4) is 0 Å². The number of nitrogens with one attached hydrogen (secondary N) is 1. The predicted octanol–water partition coefficient (Wildman–Crippen LogP) is 3.44. The number of ether oxygens (including phenoxy) is 1. The average molecular weight is 444 g/mol. The van der Waals surface area contributed by atoms with Crippen LogP contribution in [-0.4, -0.2) is 65.5 Å². The van der Waals surface area contributed by atoms with Gasteiger partial charge in [0.1, 0.15) is 5.37 Å². The Kier molecular flexibility index (Phi) is 6.01. The van der Waals surface area contributed by atoms with E-state index in [1.54, 1.807) is 13.3 Å². The zero-order chi connectivity index (χ0) is 21.4. The minimum atomic E-state index is -1.87. The van der Waals surface area contributed by atoms with E-state index < -0.39 is 11.1 Å². The molecule has 8 nitrogen and oxygen atoms in total. The normalized spacial score (nSPS) is 27.5. The highest BCUT2D eigenvalue weighted by Gasteiger charge is 2.38. The molecule has 9 heteroatoms. The number of hydrogen-bond acceptors (Lipinski definition) is 6. The van der Waals surface area contributed by atoms with E-state index in [0.29, 0.717) is 5.92 Å². The summed E-state index contributed by atoms with van der Waals surface area (Å²) in [6.07, 6.45) is 11.4. The van der Waals surface area contributed by atoms with E-state index in [-0.39, 0.29) is 17.4 Å². The number of nitrogens with zero attached hydrogens (tertiary/aromatic N) is 4. The highest BCUT2D eigenvalue weighted by atomic mass is 32.2. The first-order valence-electron chi connectivity index (χ1n) is 11.1. The minimum absolute atomic E-state index is 0.154. The summed E-state index contributed by atoms with van der Waals surface area (Å²) in [7, 11) is 1.73. The maximum Gasteiger partial charge on any atom is 0.171 e. The third-order valence-electron chi connectivity index (χ3n) is 7.11. The molecule has 0 spiro atoms. The molecule has 3 aromatic heterocycles. The molecule has 0 bridgehead atoms. The molecule has 3 atom stereocenters. The fourth-order valence-electron chi connectivity index (χ4n) is 5.57. The smallest absolute Gasteiger partial charge is 0.171 e. The molecule has 0 aromatic carbocycles. The van der Waals surface area contributed by atoms with Crippen LogP contribution in [0.25, 0.3) is 21.8 Å². The van der Waals surface area contributed by atoms with Gasteiger partial charge in [0, 0.05) is 53.8 Å². The molecule has 3 unspecified atom stereocenters. The van der Waals surface area contributed by atoms with E-state index in [9.17, 15) is 8.76 Å². The lowest BCUT2D eigenvalue weighted by atomic mass is 9.79. The Bertz CT molecular complexity index is 1080. The van der Waals surface area contributed by atoms with Gasteiger partial charge in [-0.05, 0) is 57.1 Å². The lowest BCUT2D eigenvalue weighted by molar-refractivity contribution is 0.0148. The van der Waals surface area contributed by atoms with Crippen LogP contribution >= 0.6 is 0 Å². The number of aromatic nitrogens is 4. The molecule has 3 aromatic rings. The van der Waals surface area contributed by atoms with Gasteiger partial charge >= 0.3 is 0 Å². The van der Waals surface area contributed by atoms with E-state index in [1.165, 1.54) is 0 Å². The Labute approximate surface area is 184 Å². The van der Waals surface area contributed by atoms with E-state index in [0.717, 1.165) is 79.1 Å². The fourth-order valence-corrected chi connectivity index (χ4v) is 6.62. The topological polar surface area (TPSA) is 104 Å². The summed E-state index contributed by atoms with van der Waals surface area (Å²) < 4.78 is 28.0. The van der Waals surface area contributed by atoms with Crippen LogP contribution in [0.3, 0.4) is 0 Å². The summed E-state index contributed by atoms with van der Waals surface area (Å²) in [6.45, 7) is 1.61. The maximum absolute atomic E-state index is 12.3. The number of methoxy groups -OCH3 is 1. The van der Waals surface area contributed by atoms with Crippen molar-refractivity contribution >= 4 is 32.9 Å². The number of piperidine rings is 1. The van der Waals surface area contributed by atoms with Crippen molar-refractivity contribution in [3.63, 3.8) is 0 Å². The van der Waals surface area contributed by atoms with Gasteiger partial charge in [0.25, 0.3) is 0 Å². The number of fused-ring (bicyclic) bond motifs is 3. The second-order valence-corrected chi connectivity index (χ2v) is 9.86. The van der Waals surface area contributed by atoms with Crippen LogP contribution in [0.5, 0.6) is 0 Å². The van der Waals surface area contributed by atoms with Crippen molar-refractivity contribution in [2.45, 2.75) is 55.9 Å². The molecule has 1 aliphatic heterocycles. The molecule has 0 amide bonds. The molecular formula is C22H29N5O3S. The van der Waals surface area contributed by atoms with Crippen molar-refractivity contribution < 1.29 is 13.5 Å². The Morgan fingerprint density at radius 3 is 2.84 bits per heavy atom. The average Bonchev–Trinajstić information content (AvgIpc) is 3.28. The summed E-state index contributed by atoms with van der Waals surface area (Å²) >= 11 is -1.87. The lowest BCUT2D eigenvalue weighted by Crippen LogP contribution is -2.50. The monoisotopic (exact) mass is 443 g/mol. The first kappa shape index (κ1) is 20.9. The first-order chi connectivity index (χ1) is 15.2. The largest absolute Gasteiger partial charge is 0.380 e. The second kappa shape index (κ2) is 8.90. The first-order valence-corrected chi connectivity index (χ1v) is 12.3. The molecule has 2 fully saturated rings. The van der Waals surface area contributed by atoms with Crippen LogP contribution in [0.2, 0.25) is 0 Å². The molecule has 1 saturated heterocycles. The number of likely N-dealkylation sites (tertiary alicyclic amines) is 1. The maximum atomic E-state index is 12.3. The zero-order valence-corrected chi connectivity index (χ0v) is 18.6. The van der Waals surface area contributed by atoms with Crippen LogP contribution in [0, 0.1) is 5.92 Å². The summed E-state index contributed by atoms with van der Waals surface area (Å²) in [6, 6.07) is 2.02. The van der Waals surface area contributed by atoms with Crippen LogP contribution < -0.4 is 0 Å². The van der Waals surface area contributed by atoms with Gasteiger partial charge in [-0.2, -0.15) is 5.10 Å². The van der Waals surface area contributed by atoms with Crippen molar-refractivity contribution in [2.75, 3.05) is 20.2 Å². The van der Waals surface area contributed by atoms with Gasteiger partial charge in [-0.15, -0.1) is 0 Å². The molecule has 0 radical (unpaired) electrons. The van der Waals surface area contributed by atoms with Crippen LogP contribution in [0.15, 0.2) is 24.7 Å². The van der Waals surface area contributed by atoms with Gasteiger partial charge in [0.05, 0.1) is 12.3 Å². The zero-order valence-electron chi connectivity index (χ0n) is 17.7. The molecule has 5 rings (SSSR count). The van der Waals surface area contributed by atoms with Gasteiger partial charge in [-0.3, -0.25) is 10.00 Å². The van der Waals surface area contributed by atoms with Gasteiger partial charge in [-0.25, -0.2) is 14.2 Å². The van der Waals surface area contributed by atoms with Crippen molar-refractivity contribution in [1.82, 2.24) is 25.1 Å². The molecule has 4 heterocycles. The van der Waals surface area contributed by atoms with Gasteiger partial charge < -0.3 is 9.29 Å². The molecule has 166 valence electrons. The molecule has 1 saturated carbocycles. The Hall–Kier alpha value is -1.94. The quantitative estimate of drug-likeness (QED) is 0.582. The van der Waals surface area contributed by atoms with Crippen molar-refractivity contribution in [1.29, 1.82) is 0 Å². The summed E-state index contributed by atoms with van der Waals surface area (Å²) in [5.74, 6) is 0.553. The molecule has 2 aliphatic rings. The minimum Gasteiger partial charge on any atom is -0.380 e. The van der Waals surface area contributed by atoms with E-state index in [4.69, 9.17) is 4.74 Å². The molecular weight excluding hydrogens is 414 g/mol. The summed E-state index contributed by atoms with van der Waals surface area (Å²) in [4.78, 5) is 11.0. The number of rotatable bonds is 5. The third-order valence-corrected chi connectivity index (χ3v) is 8.21. The summed E-state index contributed by atoms with van der Waals surface area (Å²) in [5, 5.41) is 10.5. The number of aromatic amines is 1. The standard InChI is InChI=1S/C22H29N5O3S/c1-30-17-3-2-10-27(13-17)22(31(28)29)15-6-4-14(5-7-15)20-19-16(12-25-26-20)11-24-21-18(19)8-9-23-21/h8-9,11-12,14-15,17,22,26H,2-7,10,13H2,1H3,(H,28,29). The number of pyridine rings is 1. The number of hydrogen-bond donors (Lipinski definition) is 2. The molecule has 2 N–H and O–H groups in total. The number of H-pyrrole nitrogens is 1. The third kappa shape index (κ3) is 4.00. The molecule has 31 heavy (non-hydrogen) atoms. The predicted molar refractivity (Wildman–Crippen MR) is 120 cm³/mol. The van der Waals surface area contributed by atoms with Crippen molar-refractivity contribution in [2.24, 2.45) is 5.92 Å². The van der Waals surface area contributed by atoms with Gasteiger partial charge in [0.2, 0.25) is 0 Å². The Morgan fingerprint density at radius 1 is 1.23 bits per heavy atom. The van der Waals surface area contributed by atoms with Gasteiger partial charge in [0.15, 0.2) is 16.7 Å². The van der Waals surface area contributed by atoms with Crippen LogP contribution in [-0.2, 0) is 15.8 Å². The highest BCUT2D eigenvalue weighted by molar-refractivity contribution is 7.79. The van der Waals surface area contributed by atoms with E-state index in [2.05, 4.69) is 25.1 Å². The second-order valence-electron chi connectivity index (χ2n) is 8.83. The van der Waals surface area contributed by atoms with Gasteiger partial charge in [-0.1, -0.05) is 0 Å². The molecule has 1 aliphatic carbocycles. The fraction of sp³-hybridized carbons (Fsp3) is 0.591. The SMILES string of the molecule is COC1CCCN(C(C2CCC(c3[nH]ncc4cnc5nccc5c34)CC2)S(=O)O)C1. The Balaban J connectivity index is 1.36. The summed E-state index contributed by atoms with van der Waals surface area (Å²) in [5.41, 5.74) is 1.89. The van der Waals surface area contributed by atoms with E-state index in [1.807, 2.05) is 18.5 Å². The lowest BCUT2D eigenvalue weighted by Gasteiger charge is -2.41. The van der Waals surface area contributed by atoms with Crippen molar-refractivity contribution in [3.05, 3.63) is 30.4 Å². The van der Waals surface area contributed by atoms with E-state index >= 15 is 0 Å². The van der Waals surface area contributed by atoms with Crippen LogP contribution in [0.1, 0.15) is 50.1 Å². The van der Waals surface area contributed by atoms with Crippen LogP contribution in [0.4, 0.5) is 0 Å². The Morgan fingerprint density at radius 2 is 2.06 bits per heavy atom. The highest BCUT2D eigenvalue weighted by Crippen LogP contribution is 2.41.